The third kappa shape index (κ3) is 3.57. The summed E-state index contributed by atoms with van der Waals surface area (Å²) in [6.07, 6.45) is 0.793. The fourth-order valence-electron chi connectivity index (χ4n) is 1.37. The highest BCUT2D eigenvalue weighted by atomic mass is 32.1. The van der Waals surface area contributed by atoms with Gasteiger partial charge in [-0.1, -0.05) is 13.8 Å². The van der Waals surface area contributed by atoms with E-state index < -0.39 is 0 Å². The Bertz CT molecular complexity index is 439. The maximum absolute atomic E-state index is 11.7. The van der Waals surface area contributed by atoms with Gasteiger partial charge in [0.15, 0.2) is 0 Å². The molecule has 1 aromatic heterocycles. The molecule has 0 saturated heterocycles. The Morgan fingerprint density at radius 3 is 2.67 bits per heavy atom. The Morgan fingerprint density at radius 1 is 1.44 bits per heavy atom. The summed E-state index contributed by atoms with van der Waals surface area (Å²) in [4.78, 5) is 23.9. The second-order valence-electron chi connectivity index (χ2n) is 4.14. The fraction of sp³-hybridized carbons (Fsp3) is 0.538. The van der Waals surface area contributed by atoms with Gasteiger partial charge in [0.2, 0.25) is 5.91 Å². The predicted octanol–water partition coefficient (Wildman–Crippen LogP) is 3.22. The largest absolute Gasteiger partial charge is 0.462 e. The summed E-state index contributed by atoms with van der Waals surface area (Å²) in [5.74, 6) is -0.378. The lowest BCUT2D eigenvalue weighted by atomic mass is 10.1. The van der Waals surface area contributed by atoms with Crippen LogP contribution in [0.3, 0.4) is 0 Å². The van der Waals surface area contributed by atoms with E-state index in [-0.39, 0.29) is 17.8 Å². The monoisotopic (exact) mass is 269 g/mol. The maximum Gasteiger partial charge on any atom is 0.348 e. The van der Waals surface area contributed by atoms with Gasteiger partial charge in [-0.2, -0.15) is 0 Å². The van der Waals surface area contributed by atoms with Crippen molar-refractivity contribution in [2.45, 2.75) is 34.1 Å². The third-order valence-corrected chi connectivity index (χ3v) is 3.82. The molecule has 1 N–H and O–H groups in total. The first-order valence-electron chi connectivity index (χ1n) is 6.08. The highest BCUT2D eigenvalue weighted by Crippen LogP contribution is 2.27. The average molecular weight is 269 g/mol. The molecular formula is C13H19NO3S. The zero-order valence-corrected chi connectivity index (χ0v) is 12.0. The molecular weight excluding hydrogens is 250 g/mol. The zero-order valence-electron chi connectivity index (χ0n) is 11.2. The number of rotatable bonds is 5. The Kier molecular flexibility index (Phi) is 5.34. The van der Waals surface area contributed by atoms with Crippen LogP contribution in [0, 0.1) is 12.8 Å². The molecule has 4 nitrogen and oxygen atoms in total. The number of carbonyl (C=O) groups is 2. The number of esters is 1. The van der Waals surface area contributed by atoms with Gasteiger partial charge in [-0.3, -0.25) is 4.79 Å². The van der Waals surface area contributed by atoms with E-state index in [2.05, 4.69) is 5.32 Å². The van der Waals surface area contributed by atoms with Gasteiger partial charge in [-0.25, -0.2) is 4.79 Å². The van der Waals surface area contributed by atoms with Crippen molar-refractivity contribution >= 4 is 28.2 Å². The van der Waals surface area contributed by atoms with E-state index in [1.165, 1.54) is 11.3 Å². The van der Waals surface area contributed by atoms with Crippen molar-refractivity contribution in [3.8, 4) is 0 Å². The first kappa shape index (κ1) is 14.7. The Balaban J connectivity index is 2.78. The van der Waals surface area contributed by atoms with Crippen LogP contribution in [-0.2, 0) is 9.53 Å². The standard InChI is InChI=1S/C13H19NO3S/c1-5-8(3)12(15)14-10-7-9(4)11(18-10)13(16)17-6-2/h7-8H,5-6H2,1-4H3,(H,14,15). The molecule has 0 aromatic carbocycles. The second-order valence-corrected chi connectivity index (χ2v) is 5.19. The summed E-state index contributed by atoms with van der Waals surface area (Å²) in [6, 6.07) is 1.80. The van der Waals surface area contributed by atoms with Crippen molar-refractivity contribution in [3.05, 3.63) is 16.5 Å². The minimum atomic E-state index is -0.330. The summed E-state index contributed by atoms with van der Waals surface area (Å²) in [7, 11) is 0. The molecule has 0 saturated carbocycles. The molecule has 0 aliphatic carbocycles. The van der Waals surface area contributed by atoms with E-state index in [0.29, 0.717) is 16.5 Å². The van der Waals surface area contributed by atoms with Crippen molar-refractivity contribution in [2.24, 2.45) is 5.92 Å². The predicted molar refractivity (Wildman–Crippen MR) is 73.1 cm³/mol. The molecule has 1 aromatic rings. The Morgan fingerprint density at radius 2 is 2.11 bits per heavy atom. The van der Waals surface area contributed by atoms with Gasteiger partial charge in [-0.15, -0.1) is 11.3 Å². The van der Waals surface area contributed by atoms with E-state index in [9.17, 15) is 9.59 Å². The molecule has 1 amide bonds. The molecule has 18 heavy (non-hydrogen) atoms. The first-order valence-corrected chi connectivity index (χ1v) is 6.89. The molecule has 0 spiro atoms. The second kappa shape index (κ2) is 6.54. The van der Waals surface area contributed by atoms with Gasteiger partial charge < -0.3 is 10.1 Å². The van der Waals surface area contributed by atoms with E-state index in [4.69, 9.17) is 4.74 Å². The van der Waals surface area contributed by atoms with Gasteiger partial charge in [0, 0.05) is 5.92 Å². The van der Waals surface area contributed by atoms with Crippen LogP contribution in [0.4, 0.5) is 5.00 Å². The smallest absolute Gasteiger partial charge is 0.348 e. The molecule has 0 bridgehead atoms. The molecule has 0 aliphatic heterocycles. The normalized spacial score (nSPS) is 12.0. The quantitative estimate of drug-likeness (QED) is 0.835. The highest BCUT2D eigenvalue weighted by molar-refractivity contribution is 7.18. The molecule has 5 heteroatoms. The minimum absolute atomic E-state index is 0.0193. The zero-order chi connectivity index (χ0) is 13.7. The number of hydrogen-bond acceptors (Lipinski definition) is 4. The molecule has 100 valence electrons. The van der Waals surface area contributed by atoms with Crippen molar-refractivity contribution < 1.29 is 14.3 Å². The number of carbonyl (C=O) groups excluding carboxylic acids is 2. The molecule has 0 fully saturated rings. The van der Waals surface area contributed by atoms with Crippen LogP contribution in [0.5, 0.6) is 0 Å². The van der Waals surface area contributed by atoms with Gasteiger partial charge in [-0.05, 0) is 31.9 Å². The number of anilines is 1. The molecule has 1 heterocycles. The minimum Gasteiger partial charge on any atom is -0.462 e. The Hall–Kier alpha value is -1.36. The molecule has 1 rings (SSSR count). The van der Waals surface area contributed by atoms with Gasteiger partial charge in [0.1, 0.15) is 4.88 Å². The van der Waals surface area contributed by atoms with E-state index in [1.807, 2.05) is 20.8 Å². The van der Waals surface area contributed by atoms with Crippen molar-refractivity contribution in [1.29, 1.82) is 0 Å². The van der Waals surface area contributed by atoms with Crippen LogP contribution in [0.2, 0.25) is 0 Å². The van der Waals surface area contributed by atoms with Gasteiger partial charge in [0.05, 0.1) is 11.6 Å². The van der Waals surface area contributed by atoms with Crippen molar-refractivity contribution in [3.63, 3.8) is 0 Å². The number of nitrogens with one attached hydrogen (secondary N) is 1. The maximum atomic E-state index is 11.7. The Labute approximate surface area is 111 Å². The number of hydrogen-bond donors (Lipinski definition) is 1. The molecule has 1 atom stereocenters. The van der Waals surface area contributed by atoms with Crippen LogP contribution < -0.4 is 5.32 Å². The summed E-state index contributed by atoms with van der Waals surface area (Å²) in [5.41, 5.74) is 0.831. The van der Waals surface area contributed by atoms with Crippen LogP contribution >= 0.6 is 11.3 Å². The van der Waals surface area contributed by atoms with Crippen molar-refractivity contribution in [1.82, 2.24) is 0 Å². The van der Waals surface area contributed by atoms with Crippen LogP contribution in [-0.4, -0.2) is 18.5 Å². The highest BCUT2D eigenvalue weighted by Gasteiger charge is 2.17. The number of aryl methyl sites for hydroxylation is 1. The summed E-state index contributed by atoms with van der Waals surface area (Å²) < 4.78 is 4.95. The summed E-state index contributed by atoms with van der Waals surface area (Å²) >= 11 is 1.26. The SMILES string of the molecule is CCOC(=O)c1sc(NC(=O)C(C)CC)cc1C. The average Bonchev–Trinajstić information content (AvgIpc) is 2.69. The lowest BCUT2D eigenvalue weighted by molar-refractivity contribution is -0.119. The van der Waals surface area contributed by atoms with Gasteiger partial charge in [0.25, 0.3) is 0 Å². The number of ether oxygens (including phenoxy) is 1. The topological polar surface area (TPSA) is 55.4 Å². The fourth-order valence-corrected chi connectivity index (χ4v) is 2.34. The summed E-state index contributed by atoms with van der Waals surface area (Å²) in [5, 5.41) is 3.52. The first-order chi connectivity index (χ1) is 8.49. The van der Waals surface area contributed by atoms with Crippen LogP contribution in [0.15, 0.2) is 6.07 Å². The van der Waals surface area contributed by atoms with E-state index >= 15 is 0 Å². The number of amides is 1. The summed E-state index contributed by atoms with van der Waals surface area (Å²) in [6.45, 7) is 7.80. The van der Waals surface area contributed by atoms with E-state index in [1.54, 1.807) is 13.0 Å². The van der Waals surface area contributed by atoms with E-state index in [0.717, 1.165) is 12.0 Å². The van der Waals surface area contributed by atoms with Gasteiger partial charge >= 0.3 is 5.97 Å². The number of thiophene rings is 1. The van der Waals surface area contributed by atoms with Crippen molar-refractivity contribution in [2.75, 3.05) is 11.9 Å². The van der Waals surface area contributed by atoms with Crippen LogP contribution in [0.1, 0.15) is 42.4 Å². The lowest BCUT2D eigenvalue weighted by Gasteiger charge is -2.07. The third-order valence-electron chi connectivity index (χ3n) is 2.68. The molecule has 0 radical (unpaired) electrons. The molecule has 1 unspecified atom stereocenters. The van der Waals surface area contributed by atoms with Crippen LogP contribution in [0.25, 0.3) is 0 Å². The lowest BCUT2D eigenvalue weighted by Crippen LogP contribution is -2.18. The molecule has 0 aliphatic rings.